The van der Waals surface area contributed by atoms with E-state index in [9.17, 15) is 14.7 Å². The molecule has 106 valence electrons. The number of H-pyrrole nitrogens is 1. The van der Waals surface area contributed by atoms with E-state index in [1.165, 1.54) is 10.6 Å². The molecule has 0 aliphatic carbocycles. The monoisotopic (exact) mass is 300 g/mol. The number of aromatic nitrogens is 2. The number of rotatable bonds is 3. The lowest BCUT2D eigenvalue weighted by Gasteiger charge is -2.06. The van der Waals surface area contributed by atoms with E-state index in [4.69, 9.17) is 0 Å². The molecule has 0 radical (unpaired) electrons. The number of carboxylic acid groups (broad SMARTS) is 1. The highest BCUT2D eigenvalue weighted by atomic mass is 32.2. The quantitative estimate of drug-likeness (QED) is 0.729. The van der Waals surface area contributed by atoms with Crippen LogP contribution in [0.2, 0.25) is 0 Å². The van der Waals surface area contributed by atoms with Crippen molar-refractivity contribution in [1.82, 2.24) is 9.55 Å². The fourth-order valence-corrected chi connectivity index (χ4v) is 2.72. The van der Waals surface area contributed by atoms with Crippen molar-refractivity contribution in [1.29, 1.82) is 0 Å². The predicted molar refractivity (Wildman–Crippen MR) is 82.6 cm³/mol. The summed E-state index contributed by atoms with van der Waals surface area (Å²) in [4.78, 5) is 27.3. The fourth-order valence-electron chi connectivity index (χ4n) is 2.31. The minimum Gasteiger partial charge on any atom is -0.478 e. The van der Waals surface area contributed by atoms with Crippen LogP contribution in [0.4, 0.5) is 0 Å². The van der Waals surface area contributed by atoms with Gasteiger partial charge in [0.1, 0.15) is 0 Å². The Morgan fingerprint density at radius 2 is 1.90 bits per heavy atom. The zero-order valence-corrected chi connectivity index (χ0v) is 12.0. The Kier molecular flexibility index (Phi) is 3.31. The summed E-state index contributed by atoms with van der Waals surface area (Å²) in [6.45, 7) is 0. The number of thioether (sulfide) groups is 1. The first-order valence-corrected chi connectivity index (χ1v) is 7.46. The Bertz CT molecular complexity index is 878. The summed E-state index contributed by atoms with van der Waals surface area (Å²) in [7, 11) is 0. The first-order valence-electron chi connectivity index (χ1n) is 6.23. The van der Waals surface area contributed by atoms with Gasteiger partial charge in [0.15, 0.2) is 0 Å². The van der Waals surface area contributed by atoms with Crippen molar-refractivity contribution in [3.8, 4) is 5.69 Å². The molecule has 1 heterocycles. The van der Waals surface area contributed by atoms with Crippen molar-refractivity contribution in [3.63, 3.8) is 0 Å². The normalized spacial score (nSPS) is 10.9. The SMILES string of the molecule is CSc1ccc(-n2c(=O)[nH]c3cccc(C(=O)O)c32)cc1. The summed E-state index contributed by atoms with van der Waals surface area (Å²) in [6, 6.07) is 12.2. The lowest BCUT2D eigenvalue weighted by atomic mass is 10.2. The second kappa shape index (κ2) is 5.14. The van der Waals surface area contributed by atoms with Gasteiger partial charge >= 0.3 is 11.7 Å². The molecular formula is C15H12N2O3S. The highest BCUT2D eigenvalue weighted by Gasteiger charge is 2.16. The van der Waals surface area contributed by atoms with Gasteiger partial charge in [0.2, 0.25) is 0 Å². The molecule has 6 heteroatoms. The third kappa shape index (κ3) is 2.23. The summed E-state index contributed by atoms with van der Waals surface area (Å²) in [5.74, 6) is -1.06. The molecule has 1 aromatic heterocycles. The molecule has 0 bridgehead atoms. The highest BCUT2D eigenvalue weighted by Crippen LogP contribution is 2.22. The van der Waals surface area contributed by atoms with Gasteiger partial charge in [-0.1, -0.05) is 6.07 Å². The number of hydrogen-bond donors (Lipinski definition) is 2. The average Bonchev–Trinajstić information content (AvgIpc) is 2.83. The van der Waals surface area contributed by atoms with Gasteiger partial charge in [-0.2, -0.15) is 0 Å². The van der Waals surface area contributed by atoms with Crippen molar-refractivity contribution in [2.75, 3.05) is 6.26 Å². The number of aromatic amines is 1. The van der Waals surface area contributed by atoms with Gasteiger partial charge in [-0.25, -0.2) is 9.59 Å². The van der Waals surface area contributed by atoms with Crippen LogP contribution in [-0.4, -0.2) is 26.9 Å². The Labute approximate surface area is 124 Å². The van der Waals surface area contributed by atoms with Crippen LogP contribution in [0, 0.1) is 0 Å². The molecule has 5 nitrogen and oxygen atoms in total. The van der Waals surface area contributed by atoms with Gasteiger partial charge in [-0.3, -0.25) is 4.57 Å². The summed E-state index contributed by atoms with van der Waals surface area (Å²) in [5, 5.41) is 9.31. The topological polar surface area (TPSA) is 75.1 Å². The maximum absolute atomic E-state index is 12.2. The number of carboxylic acids is 1. The van der Waals surface area contributed by atoms with Gasteiger partial charge in [-0.15, -0.1) is 11.8 Å². The molecule has 0 atom stereocenters. The van der Waals surface area contributed by atoms with Gasteiger partial charge in [0.25, 0.3) is 0 Å². The number of benzene rings is 2. The second-order valence-electron chi connectivity index (χ2n) is 4.47. The number of imidazole rings is 1. The molecule has 0 fully saturated rings. The van der Waals surface area contributed by atoms with E-state index in [1.807, 2.05) is 18.4 Å². The van der Waals surface area contributed by atoms with Gasteiger partial charge < -0.3 is 10.1 Å². The molecule has 0 aliphatic rings. The number of nitrogens with one attached hydrogen (secondary N) is 1. The summed E-state index contributed by atoms with van der Waals surface area (Å²) in [6.07, 6.45) is 1.97. The molecule has 21 heavy (non-hydrogen) atoms. The van der Waals surface area contributed by atoms with Crippen molar-refractivity contribution in [3.05, 3.63) is 58.5 Å². The standard InChI is InChI=1S/C15H12N2O3S/c1-21-10-7-5-9(6-8-10)17-13-11(14(18)19)3-2-4-12(13)16-15(17)20/h2-8H,1H3,(H,16,20)(H,18,19). The molecule has 3 rings (SSSR count). The molecule has 0 spiro atoms. The lowest BCUT2D eigenvalue weighted by Crippen LogP contribution is -2.15. The van der Waals surface area contributed by atoms with Crippen LogP contribution in [0.5, 0.6) is 0 Å². The van der Waals surface area contributed by atoms with Crippen molar-refractivity contribution in [2.45, 2.75) is 4.90 Å². The third-order valence-corrected chi connectivity index (χ3v) is 4.01. The van der Waals surface area contributed by atoms with Gasteiger partial charge in [-0.05, 0) is 42.7 Å². The third-order valence-electron chi connectivity index (χ3n) is 3.27. The first-order chi connectivity index (χ1) is 10.1. The van der Waals surface area contributed by atoms with Crippen LogP contribution in [0.1, 0.15) is 10.4 Å². The number of fused-ring (bicyclic) bond motifs is 1. The lowest BCUT2D eigenvalue weighted by molar-refractivity contribution is 0.0698. The van der Waals surface area contributed by atoms with E-state index < -0.39 is 5.97 Å². The fraction of sp³-hybridized carbons (Fsp3) is 0.0667. The first kappa shape index (κ1) is 13.5. The number of aromatic carboxylic acids is 1. The molecule has 0 amide bonds. The molecule has 3 aromatic rings. The van der Waals surface area contributed by atoms with Crippen LogP contribution in [0.3, 0.4) is 0 Å². The molecule has 0 saturated carbocycles. The van der Waals surface area contributed by atoms with Crippen LogP contribution in [0.15, 0.2) is 52.2 Å². The molecule has 2 N–H and O–H groups in total. The predicted octanol–water partition coefficient (Wildman–Crippen LogP) is 2.74. The van der Waals surface area contributed by atoms with Crippen molar-refractivity contribution in [2.24, 2.45) is 0 Å². The summed E-state index contributed by atoms with van der Waals surface area (Å²) >= 11 is 1.60. The van der Waals surface area contributed by atoms with E-state index in [1.54, 1.807) is 36.0 Å². The van der Waals surface area contributed by atoms with E-state index in [0.29, 0.717) is 16.7 Å². The number of nitrogens with zero attached hydrogens (tertiary/aromatic N) is 1. The van der Waals surface area contributed by atoms with Crippen LogP contribution < -0.4 is 5.69 Å². The largest absolute Gasteiger partial charge is 0.478 e. The van der Waals surface area contributed by atoms with E-state index in [0.717, 1.165) is 4.90 Å². The van der Waals surface area contributed by atoms with Gasteiger partial charge in [0, 0.05) is 4.90 Å². The molecule has 0 saturated heterocycles. The molecule has 0 unspecified atom stereocenters. The Hall–Kier alpha value is -2.47. The molecule has 0 aliphatic heterocycles. The second-order valence-corrected chi connectivity index (χ2v) is 5.35. The van der Waals surface area contributed by atoms with Gasteiger partial charge in [0.05, 0.1) is 22.3 Å². The number of carbonyl (C=O) groups is 1. The zero-order valence-electron chi connectivity index (χ0n) is 11.2. The van der Waals surface area contributed by atoms with E-state index in [2.05, 4.69) is 4.98 Å². The van der Waals surface area contributed by atoms with Crippen LogP contribution in [0.25, 0.3) is 16.7 Å². The van der Waals surface area contributed by atoms with Crippen LogP contribution in [-0.2, 0) is 0 Å². The molecular weight excluding hydrogens is 288 g/mol. The van der Waals surface area contributed by atoms with Crippen LogP contribution >= 0.6 is 11.8 Å². The zero-order chi connectivity index (χ0) is 15.0. The smallest absolute Gasteiger partial charge is 0.337 e. The Morgan fingerprint density at radius 3 is 2.52 bits per heavy atom. The summed E-state index contributed by atoms with van der Waals surface area (Å²) in [5.41, 5.74) is 1.27. The van der Waals surface area contributed by atoms with E-state index >= 15 is 0 Å². The van der Waals surface area contributed by atoms with Crippen molar-refractivity contribution < 1.29 is 9.90 Å². The Balaban J connectivity index is 2.33. The number of para-hydroxylation sites is 1. The minimum atomic E-state index is -1.06. The molecule has 2 aromatic carbocycles. The Morgan fingerprint density at radius 1 is 1.19 bits per heavy atom. The summed E-state index contributed by atoms with van der Waals surface area (Å²) < 4.78 is 1.39. The van der Waals surface area contributed by atoms with Crippen molar-refractivity contribution >= 4 is 28.8 Å². The maximum atomic E-state index is 12.2. The highest BCUT2D eigenvalue weighted by molar-refractivity contribution is 7.98. The maximum Gasteiger partial charge on any atom is 0.337 e. The van der Waals surface area contributed by atoms with E-state index in [-0.39, 0.29) is 11.3 Å². The minimum absolute atomic E-state index is 0.0970. The average molecular weight is 300 g/mol. The number of hydrogen-bond acceptors (Lipinski definition) is 3.